The van der Waals surface area contributed by atoms with Crippen LogP contribution in [0.25, 0.3) is 0 Å². The van der Waals surface area contributed by atoms with E-state index in [1.165, 1.54) is 11.0 Å². The first-order chi connectivity index (χ1) is 11.4. The van der Waals surface area contributed by atoms with Crippen molar-refractivity contribution < 1.29 is 17.6 Å². The van der Waals surface area contributed by atoms with Gasteiger partial charge in [0.1, 0.15) is 5.82 Å². The molecule has 2 rings (SSSR count). The summed E-state index contributed by atoms with van der Waals surface area (Å²) in [6, 6.07) is 6.45. The van der Waals surface area contributed by atoms with Crippen LogP contribution in [0.5, 0.6) is 0 Å². The fraction of sp³-hybridized carbons (Fsp3) is 0.562. The Morgan fingerprint density at radius 3 is 2.64 bits per heavy atom. The predicted octanol–water partition coefficient (Wildman–Crippen LogP) is 2.99. The third-order valence-corrected chi connectivity index (χ3v) is 3.96. The van der Waals surface area contributed by atoms with Crippen LogP contribution in [0, 0.1) is 11.7 Å². The highest BCUT2D eigenvalue weighted by molar-refractivity contribution is 14.0. The van der Waals surface area contributed by atoms with E-state index >= 15 is 0 Å². The third-order valence-electron chi connectivity index (χ3n) is 3.96. The van der Waals surface area contributed by atoms with Crippen molar-refractivity contribution in [3.8, 4) is 0 Å². The molecule has 1 atom stereocenters. The molecule has 0 aliphatic carbocycles. The van der Waals surface area contributed by atoms with Crippen molar-refractivity contribution in [2.45, 2.75) is 19.1 Å². The maximum Gasteiger partial charge on any atom is 0.401 e. The van der Waals surface area contributed by atoms with Crippen molar-refractivity contribution in [1.29, 1.82) is 0 Å². The van der Waals surface area contributed by atoms with Crippen LogP contribution in [0.2, 0.25) is 0 Å². The van der Waals surface area contributed by atoms with Crippen molar-refractivity contribution in [3.05, 3.63) is 35.6 Å². The molecule has 0 bridgehead atoms. The fourth-order valence-corrected chi connectivity index (χ4v) is 2.76. The minimum atomic E-state index is -4.15. The first-order valence-corrected chi connectivity index (χ1v) is 7.84. The number of hydrogen-bond donors (Lipinski definition) is 2. The molecule has 1 fully saturated rings. The topological polar surface area (TPSA) is 39.7 Å². The second kappa shape index (κ2) is 10.1. The number of rotatable bonds is 5. The summed E-state index contributed by atoms with van der Waals surface area (Å²) in [6.07, 6.45) is -3.44. The standard InChI is InChI=1S/C16H22F4N4.HI/c1-21-15(23-9-13-4-2-3-5-14(13)17)22-8-12-6-7-24(10-12)11-16(18,19)20;/h2-5,12H,6-11H2,1H3,(H2,21,22,23);1H. The van der Waals surface area contributed by atoms with E-state index in [-0.39, 0.29) is 42.3 Å². The maximum absolute atomic E-state index is 13.6. The van der Waals surface area contributed by atoms with Crippen LogP contribution in [0.1, 0.15) is 12.0 Å². The van der Waals surface area contributed by atoms with Crippen LogP contribution < -0.4 is 10.6 Å². The summed E-state index contributed by atoms with van der Waals surface area (Å²) >= 11 is 0. The number of nitrogens with zero attached hydrogens (tertiary/aromatic N) is 2. The summed E-state index contributed by atoms with van der Waals surface area (Å²) < 4.78 is 50.7. The molecule has 1 heterocycles. The van der Waals surface area contributed by atoms with Gasteiger partial charge in [-0.1, -0.05) is 18.2 Å². The third kappa shape index (κ3) is 7.76. The quantitative estimate of drug-likeness (QED) is 0.299. The Labute approximate surface area is 162 Å². The Morgan fingerprint density at radius 2 is 2.00 bits per heavy atom. The molecule has 1 aliphatic heterocycles. The smallest absolute Gasteiger partial charge is 0.356 e. The number of guanidine groups is 1. The number of aliphatic imine (C=N–C) groups is 1. The van der Waals surface area contributed by atoms with E-state index < -0.39 is 12.7 Å². The largest absolute Gasteiger partial charge is 0.401 e. The highest BCUT2D eigenvalue weighted by atomic mass is 127. The van der Waals surface area contributed by atoms with Crippen LogP contribution in [0.15, 0.2) is 29.3 Å². The molecule has 1 aromatic rings. The lowest BCUT2D eigenvalue weighted by Gasteiger charge is -2.18. The van der Waals surface area contributed by atoms with Crippen LogP contribution in [0.3, 0.4) is 0 Å². The summed E-state index contributed by atoms with van der Waals surface area (Å²) in [7, 11) is 1.60. The first-order valence-electron chi connectivity index (χ1n) is 7.84. The highest BCUT2D eigenvalue weighted by Crippen LogP contribution is 2.22. The molecular formula is C16H23F4IN4. The Bertz CT molecular complexity index is 565. The summed E-state index contributed by atoms with van der Waals surface area (Å²) in [6.45, 7) is 0.830. The number of likely N-dealkylation sites (tertiary alicyclic amines) is 1. The molecule has 2 N–H and O–H groups in total. The van der Waals surface area contributed by atoms with Crippen LogP contribution in [-0.4, -0.2) is 50.3 Å². The summed E-state index contributed by atoms with van der Waals surface area (Å²) in [5, 5.41) is 6.10. The minimum Gasteiger partial charge on any atom is -0.356 e. The second-order valence-electron chi connectivity index (χ2n) is 5.90. The Balaban J connectivity index is 0.00000312. The maximum atomic E-state index is 13.6. The van der Waals surface area contributed by atoms with Gasteiger partial charge in [0.2, 0.25) is 0 Å². The van der Waals surface area contributed by atoms with E-state index in [0.717, 1.165) is 0 Å². The summed E-state index contributed by atoms with van der Waals surface area (Å²) in [5.41, 5.74) is 0.526. The lowest BCUT2D eigenvalue weighted by Crippen LogP contribution is -2.40. The molecule has 1 saturated heterocycles. The van der Waals surface area contributed by atoms with Crippen LogP contribution in [-0.2, 0) is 6.54 Å². The Kier molecular flexibility index (Phi) is 8.91. The number of halogens is 5. The molecule has 142 valence electrons. The molecule has 4 nitrogen and oxygen atoms in total. The SMILES string of the molecule is CN=C(NCc1ccccc1F)NCC1CCN(CC(F)(F)F)C1.I. The normalized spacial score (nSPS) is 18.8. The molecule has 0 aromatic heterocycles. The highest BCUT2D eigenvalue weighted by Gasteiger charge is 2.34. The van der Waals surface area contributed by atoms with Crippen molar-refractivity contribution >= 4 is 29.9 Å². The minimum absolute atomic E-state index is 0. The predicted molar refractivity (Wildman–Crippen MR) is 101 cm³/mol. The van der Waals surface area contributed by atoms with E-state index in [4.69, 9.17) is 0 Å². The van der Waals surface area contributed by atoms with Crippen molar-refractivity contribution in [2.24, 2.45) is 10.9 Å². The van der Waals surface area contributed by atoms with E-state index in [1.807, 2.05) is 0 Å². The Morgan fingerprint density at radius 1 is 1.28 bits per heavy atom. The number of alkyl halides is 3. The molecule has 1 aromatic carbocycles. The summed E-state index contributed by atoms with van der Waals surface area (Å²) in [4.78, 5) is 5.47. The van der Waals surface area contributed by atoms with Crippen LogP contribution >= 0.6 is 24.0 Å². The summed E-state index contributed by atoms with van der Waals surface area (Å²) in [5.74, 6) is 0.353. The molecule has 1 aliphatic rings. The zero-order valence-electron chi connectivity index (χ0n) is 13.9. The van der Waals surface area contributed by atoms with Gasteiger partial charge < -0.3 is 10.6 Å². The number of benzene rings is 1. The first kappa shape index (κ1) is 21.9. The molecule has 9 heteroatoms. The van der Waals surface area contributed by atoms with E-state index in [0.29, 0.717) is 37.6 Å². The van der Waals surface area contributed by atoms with E-state index in [9.17, 15) is 17.6 Å². The molecule has 0 radical (unpaired) electrons. The average molecular weight is 474 g/mol. The molecule has 0 amide bonds. The molecule has 25 heavy (non-hydrogen) atoms. The van der Waals surface area contributed by atoms with E-state index in [2.05, 4.69) is 15.6 Å². The van der Waals surface area contributed by atoms with Gasteiger partial charge in [-0.05, 0) is 24.9 Å². The monoisotopic (exact) mass is 474 g/mol. The van der Waals surface area contributed by atoms with Gasteiger partial charge in [-0.2, -0.15) is 13.2 Å². The second-order valence-corrected chi connectivity index (χ2v) is 5.90. The van der Waals surface area contributed by atoms with Gasteiger partial charge in [0, 0.05) is 32.2 Å². The van der Waals surface area contributed by atoms with Gasteiger partial charge in [0.15, 0.2) is 5.96 Å². The van der Waals surface area contributed by atoms with Gasteiger partial charge in [-0.25, -0.2) is 4.39 Å². The van der Waals surface area contributed by atoms with Gasteiger partial charge in [0.25, 0.3) is 0 Å². The van der Waals surface area contributed by atoms with Gasteiger partial charge in [0.05, 0.1) is 6.54 Å². The lowest BCUT2D eigenvalue weighted by atomic mass is 10.1. The van der Waals surface area contributed by atoms with E-state index in [1.54, 1.807) is 25.2 Å². The fourth-order valence-electron chi connectivity index (χ4n) is 2.76. The van der Waals surface area contributed by atoms with Gasteiger partial charge in [-0.3, -0.25) is 9.89 Å². The molecule has 1 unspecified atom stereocenters. The lowest BCUT2D eigenvalue weighted by molar-refractivity contribution is -0.143. The molecular weight excluding hydrogens is 451 g/mol. The zero-order valence-corrected chi connectivity index (χ0v) is 16.3. The zero-order chi connectivity index (χ0) is 17.6. The van der Waals surface area contributed by atoms with Crippen LogP contribution in [0.4, 0.5) is 17.6 Å². The number of hydrogen-bond acceptors (Lipinski definition) is 2. The van der Waals surface area contributed by atoms with Crippen molar-refractivity contribution in [3.63, 3.8) is 0 Å². The average Bonchev–Trinajstić information content (AvgIpc) is 2.94. The van der Waals surface area contributed by atoms with Crippen molar-refractivity contribution in [1.82, 2.24) is 15.5 Å². The molecule has 0 spiro atoms. The number of nitrogens with one attached hydrogen (secondary N) is 2. The Hall–Kier alpha value is -1.10. The van der Waals surface area contributed by atoms with Gasteiger partial charge >= 0.3 is 6.18 Å². The van der Waals surface area contributed by atoms with Gasteiger partial charge in [-0.15, -0.1) is 24.0 Å². The molecule has 0 saturated carbocycles. The van der Waals surface area contributed by atoms with Crippen molar-refractivity contribution in [2.75, 3.05) is 33.2 Å².